The van der Waals surface area contributed by atoms with Crippen molar-refractivity contribution < 1.29 is 24.2 Å². The van der Waals surface area contributed by atoms with Gasteiger partial charge in [-0.15, -0.1) is 0 Å². The number of ether oxygens (including phenoxy) is 2. The van der Waals surface area contributed by atoms with Gasteiger partial charge in [-0.25, -0.2) is 0 Å². The molecule has 0 aliphatic carbocycles. The van der Waals surface area contributed by atoms with Crippen molar-refractivity contribution >= 4 is 17.6 Å². The van der Waals surface area contributed by atoms with Crippen LogP contribution in [0.5, 0.6) is 11.5 Å². The quantitative estimate of drug-likeness (QED) is 0.646. The van der Waals surface area contributed by atoms with Crippen molar-refractivity contribution in [2.24, 2.45) is 0 Å². The molecule has 2 aromatic rings. The molecule has 0 aromatic heterocycles. The third-order valence-corrected chi connectivity index (χ3v) is 3.31. The largest absolute Gasteiger partial charge is 0.490 e. The Labute approximate surface area is 146 Å². The molecule has 2 aromatic carbocycles. The summed E-state index contributed by atoms with van der Waals surface area (Å²) in [6, 6.07) is 16.5. The molecule has 25 heavy (non-hydrogen) atoms. The normalized spacial score (nSPS) is 10.1. The molecule has 0 unspecified atom stereocenters. The second kappa shape index (κ2) is 9.97. The van der Waals surface area contributed by atoms with E-state index in [1.807, 2.05) is 36.4 Å². The number of carboxylic acid groups (broad SMARTS) is 1. The smallest absolute Gasteiger partial charge is 0.303 e. The lowest BCUT2D eigenvalue weighted by molar-refractivity contribution is -0.137. The Morgan fingerprint density at radius 1 is 0.880 bits per heavy atom. The lowest BCUT2D eigenvalue weighted by Crippen LogP contribution is -2.14. The molecule has 0 radical (unpaired) electrons. The summed E-state index contributed by atoms with van der Waals surface area (Å²) in [5.74, 6) is 0.171. The van der Waals surface area contributed by atoms with Crippen LogP contribution in [-0.4, -0.2) is 30.2 Å². The minimum absolute atomic E-state index is 0.0254. The fraction of sp³-hybridized carbons (Fsp3) is 0.263. The molecule has 2 rings (SSSR count). The lowest BCUT2D eigenvalue weighted by Gasteiger charge is -2.13. The minimum atomic E-state index is -0.907. The van der Waals surface area contributed by atoms with Crippen LogP contribution in [-0.2, 0) is 9.59 Å². The topological polar surface area (TPSA) is 84.9 Å². The summed E-state index contributed by atoms with van der Waals surface area (Å²) in [4.78, 5) is 22.4. The molecule has 0 fully saturated rings. The van der Waals surface area contributed by atoms with Crippen molar-refractivity contribution in [2.45, 2.75) is 19.3 Å². The van der Waals surface area contributed by atoms with Gasteiger partial charge >= 0.3 is 5.97 Å². The molecule has 0 bridgehead atoms. The second-order valence-electron chi connectivity index (χ2n) is 5.30. The van der Waals surface area contributed by atoms with Crippen LogP contribution in [0.2, 0.25) is 0 Å². The number of benzene rings is 2. The molecule has 0 heterocycles. The first-order valence-corrected chi connectivity index (χ1v) is 8.06. The average Bonchev–Trinajstić information content (AvgIpc) is 2.60. The van der Waals surface area contributed by atoms with Crippen LogP contribution in [0.1, 0.15) is 19.3 Å². The van der Waals surface area contributed by atoms with E-state index in [4.69, 9.17) is 14.6 Å². The average molecular weight is 343 g/mol. The van der Waals surface area contributed by atoms with E-state index in [-0.39, 0.29) is 18.7 Å². The third kappa shape index (κ3) is 6.95. The molecule has 0 aliphatic heterocycles. The van der Waals surface area contributed by atoms with E-state index >= 15 is 0 Å². The molecule has 1 amide bonds. The number of amides is 1. The SMILES string of the molecule is O=C(O)CCCC(=O)Nc1ccccc1OCCOc1ccccc1. The van der Waals surface area contributed by atoms with Gasteiger partial charge in [0, 0.05) is 12.8 Å². The van der Waals surface area contributed by atoms with Crippen molar-refractivity contribution in [2.75, 3.05) is 18.5 Å². The molecule has 6 heteroatoms. The standard InChI is InChI=1S/C19H21NO5/c21-18(11-6-12-19(22)23)20-16-9-4-5-10-17(16)25-14-13-24-15-7-2-1-3-8-15/h1-5,7-10H,6,11-14H2,(H,20,21)(H,22,23). The van der Waals surface area contributed by atoms with Gasteiger partial charge in [-0.3, -0.25) is 9.59 Å². The number of aliphatic carboxylic acids is 1. The number of hydrogen-bond donors (Lipinski definition) is 2. The van der Waals surface area contributed by atoms with Crippen molar-refractivity contribution in [3.63, 3.8) is 0 Å². The van der Waals surface area contributed by atoms with Crippen LogP contribution in [0.15, 0.2) is 54.6 Å². The Bertz CT molecular complexity index is 687. The van der Waals surface area contributed by atoms with Crippen LogP contribution in [0, 0.1) is 0 Å². The van der Waals surface area contributed by atoms with Crippen molar-refractivity contribution in [3.05, 3.63) is 54.6 Å². The van der Waals surface area contributed by atoms with Gasteiger partial charge in [0.25, 0.3) is 0 Å². The van der Waals surface area contributed by atoms with E-state index in [0.717, 1.165) is 5.75 Å². The molecule has 0 saturated carbocycles. The summed E-state index contributed by atoms with van der Waals surface area (Å²) >= 11 is 0. The predicted molar refractivity (Wildman–Crippen MR) is 94.0 cm³/mol. The van der Waals surface area contributed by atoms with Gasteiger partial charge in [0.05, 0.1) is 5.69 Å². The maximum atomic E-state index is 11.9. The monoisotopic (exact) mass is 343 g/mol. The van der Waals surface area contributed by atoms with Crippen LogP contribution in [0.3, 0.4) is 0 Å². The fourth-order valence-electron chi connectivity index (χ4n) is 2.14. The summed E-state index contributed by atoms with van der Waals surface area (Å²) < 4.78 is 11.2. The van der Waals surface area contributed by atoms with E-state index in [1.165, 1.54) is 0 Å². The molecule has 0 atom stereocenters. The highest BCUT2D eigenvalue weighted by Gasteiger charge is 2.08. The number of carbonyl (C=O) groups is 2. The third-order valence-electron chi connectivity index (χ3n) is 3.31. The van der Waals surface area contributed by atoms with E-state index in [9.17, 15) is 9.59 Å². The first-order valence-electron chi connectivity index (χ1n) is 8.06. The number of para-hydroxylation sites is 3. The van der Waals surface area contributed by atoms with Gasteiger partial charge in [-0.1, -0.05) is 30.3 Å². The van der Waals surface area contributed by atoms with Crippen LogP contribution in [0.25, 0.3) is 0 Å². The molecule has 0 saturated heterocycles. The van der Waals surface area contributed by atoms with Crippen molar-refractivity contribution in [1.29, 1.82) is 0 Å². The summed E-state index contributed by atoms with van der Waals surface area (Å²) in [5, 5.41) is 11.3. The van der Waals surface area contributed by atoms with Gasteiger partial charge < -0.3 is 19.9 Å². The lowest BCUT2D eigenvalue weighted by atomic mass is 10.2. The molecule has 6 nitrogen and oxygen atoms in total. The first kappa shape index (κ1) is 18.3. The Hall–Kier alpha value is -3.02. The summed E-state index contributed by atoms with van der Waals surface area (Å²) in [6.45, 7) is 0.714. The molecule has 2 N–H and O–H groups in total. The Morgan fingerprint density at radius 3 is 2.32 bits per heavy atom. The van der Waals surface area contributed by atoms with Gasteiger partial charge in [0.15, 0.2) is 0 Å². The highest BCUT2D eigenvalue weighted by atomic mass is 16.5. The van der Waals surface area contributed by atoms with Crippen molar-refractivity contribution in [1.82, 2.24) is 0 Å². The molecular formula is C19H21NO5. The molecule has 0 aliphatic rings. The summed E-state index contributed by atoms with van der Waals surface area (Å²) in [7, 11) is 0. The Morgan fingerprint density at radius 2 is 1.56 bits per heavy atom. The van der Waals surface area contributed by atoms with Gasteiger partial charge in [-0.2, -0.15) is 0 Å². The minimum Gasteiger partial charge on any atom is -0.490 e. The number of hydrogen-bond acceptors (Lipinski definition) is 4. The van der Waals surface area contributed by atoms with E-state index < -0.39 is 5.97 Å². The Balaban J connectivity index is 1.79. The van der Waals surface area contributed by atoms with Gasteiger partial charge in [0.1, 0.15) is 24.7 Å². The predicted octanol–water partition coefficient (Wildman–Crippen LogP) is 3.34. The number of anilines is 1. The van der Waals surface area contributed by atoms with Gasteiger partial charge in [0.2, 0.25) is 5.91 Å². The summed E-state index contributed by atoms with van der Waals surface area (Å²) in [5.41, 5.74) is 0.558. The molecule has 132 valence electrons. The maximum Gasteiger partial charge on any atom is 0.303 e. The number of carboxylic acids is 1. The van der Waals surface area contributed by atoms with Crippen LogP contribution in [0.4, 0.5) is 5.69 Å². The van der Waals surface area contributed by atoms with E-state index in [0.29, 0.717) is 31.1 Å². The molecular weight excluding hydrogens is 322 g/mol. The van der Waals surface area contributed by atoms with Crippen molar-refractivity contribution in [3.8, 4) is 11.5 Å². The van der Waals surface area contributed by atoms with E-state index in [1.54, 1.807) is 18.2 Å². The van der Waals surface area contributed by atoms with Crippen LogP contribution >= 0.6 is 0 Å². The number of carbonyl (C=O) groups excluding carboxylic acids is 1. The zero-order chi connectivity index (χ0) is 17.9. The number of nitrogens with one attached hydrogen (secondary N) is 1. The second-order valence-corrected chi connectivity index (χ2v) is 5.30. The Kier molecular flexibility index (Phi) is 7.31. The zero-order valence-electron chi connectivity index (χ0n) is 13.8. The van der Waals surface area contributed by atoms with Gasteiger partial charge in [-0.05, 0) is 30.7 Å². The first-order chi connectivity index (χ1) is 12.1. The zero-order valence-corrected chi connectivity index (χ0v) is 13.8. The maximum absolute atomic E-state index is 11.9. The molecule has 0 spiro atoms. The van der Waals surface area contributed by atoms with Crippen LogP contribution < -0.4 is 14.8 Å². The van der Waals surface area contributed by atoms with E-state index in [2.05, 4.69) is 5.32 Å². The highest BCUT2D eigenvalue weighted by Crippen LogP contribution is 2.24. The number of rotatable bonds is 10. The highest BCUT2D eigenvalue weighted by molar-refractivity contribution is 5.92. The fourth-order valence-corrected chi connectivity index (χ4v) is 2.14. The summed E-state index contributed by atoms with van der Waals surface area (Å²) in [6.07, 6.45) is 0.426.